The van der Waals surface area contributed by atoms with Gasteiger partial charge in [-0.05, 0) is 49.5 Å². The lowest BCUT2D eigenvalue weighted by atomic mass is 9.99. The average molecular weight is 387 g/mol. The Hall–Kier alpha value is -1.37. The maximum atomic E-state index is 11.9. The van der Waals surface area contributed by atoms with Gasteiger partial charge in [-0.1, -0.05) is 20.3 Å². The molecule has 130 valence electrons. The van der Waals surface area contributed by atoms with E-state index in [2.05, 4.69) is 50.4 Å². The number of nitrogens with one attached hydrogen (secondary N) is 2. The summed E-state index contributed by atoms with van der Waals surface area (Å²) in [5.41, 5.74) is -0.504. The summed E-state index contributed by atoms with van der Waals surface area (Å²) in [4.78, 5) is 20.4. The minimum atomic E-state index is -0.504. The van der Waals surface area contributed by atoms with E-state index in [0.29, 0.717) is 18.3 Å². The van der Waals surface area contributed by atoms with Gasteiger partial charge in [0.05, 0.1) is 4.47 Å². The molecule has 1 amide bonds. The third kappa shape index (κ3) is 7.16. The van der Waals surface area contributed by atoms with Crippen molar-refractivity contribution in [2.75, 3.05) is 11.9 Å². The number of hydrogen-bond acceptors (Lipinski definition) is 5. The van der Waals surface area contributed by atoms with Crippen LogP contribution in [0.3, 0.4) is 0 Å². The van der Waals surface area contributed by atoms with Gasteiger partial charge in [0.25, 0.3) is 0 Å². The Labute approximate surface area is 146 Å². The van der Waals surface area contributed by atoms with Gasteiger partial charge in [-0.15, -0.1) is 0 Å². The molecule has 0 aliphatic rings. The second-order valence-corrected chi connectivity index (χ2v) is 7.49. The van der Waals surface area contributed by atoms with E-state index in [1.807, 2.05) is 27.7 Å². The number of nitrogens with zero attached hydrogens (tertiary/aromatic N) is 2. The van der Waals surface area contributed by atoms with Crippen molar-refractivity contribution < 1.29 is 9.53 Å². The highest BCUT2D eigenvalue weighted by molar-refractivity contribution is 9.10. The number of hydrogen-bond donors (Lipinski definition) is 2. The Kier molecular flexibility index (Phi) is 7.25. The van der Waals surface area contributed by atoms with Crippen molar-refractivity contribution >= 4 is 27.8 Å². The van der Waals surface area contributed by atoms with E-state index in [4.69, 9.17) is 4.74 Å². The number of halogens is 1. The third-order valence-electron chi connectivity index (χ3n) is 3.38. The van der Waals surface area contributed by atoms with Crippen LogP contribution in [-0.4, -0.2) is 34.2 Å². The minimum absolute atomic E-state index is 0.0399. The Balaban J connectivity index is 2.73. The van der Waals surface area contributed by atoms with Gasteiger partial charge >= 0.3 is 6.09 Å². The predicted molar refractivity (Wildman–Crippen MR) is 95.6 cm³/mol. The van der Waals surface area contributed by atoms with Crippen LogP contribution in [0.4, 0.5) is 10.6 Å². The van der Waals surface area contributed by atoms with Crippen LogP contribution < -0.4 is 10.6 Å². The normalized spacial score (nSPS) is 14.0. The van der Waals surface area contributed by atoms with Gasteiger partial charge in [-0.3, -0.25) is 0 Å². The summed E-state index contributed by atoms with van der Waals surface area (Å²) in [6.45, 7) is 12.1. The van der Waals surface area contributed by atoms with Crippen molar-refractivity contribution in [3.63, 3.8) is 0 Å². The molecule has 0 fully saturated rings. The van der Waals surface area contributed by atoms with Crippen molar-refractivity contribution in [1.82, 2.24) is 15.3 Å². The molecule has 0 radical (unpaired) electrons. The maximum Gasteiger partial charge on any atom is 0.407 e. The van der Waals surface area contributed by atoms with Crippen molar-refractivity contribution in [2.24, 2.45) is 5.92 Å². The van der Waals surface area contributed by atoms with Gasteiger partial charge in [-0.25, -0.2) is 14.8 Å². The number of carbonyl (C=O) groups excluding carboxylic acids is 1. The Morgan fingerprint density at radius 1 is 1.43 bits per heavy atom. The molecule has 0 aromatic carbocycles. The molecular weight excluding hydrogens is 360 g/mol. The Morgan fingerprint density at radius 2 is 2.09 bits per heavy atom. The van der Waals surface area contributed by atoms with Crippen LogP contribution >= 0.6 is 15.9 Å². The maximum absolute atomic E-state index is 11.9. The first-order chi connectivity index (χ1) is 10.6. The fourth-order valence-electron chi connectivity index (χ4n) is 1.92. The number of aromatic nitrogens is 2. The smallest absolute Gasteiger partial charge is 0.407 e. The molecule has 1 rings (SSSR count). The molecule has 1 aromatic heterocycles. The first-order valence-electron chi connectivity index (χ1n) is 7.85. The van der Waals surface area contributed by atoms with Crippen LogP contribution in [0.25, 0.3) is 0 Å². The van der Waals surface area contributed by atoms with Crippen LogP contribution in [0.1, 0.15) is 46.9 Å². The molecule has 1 aromatic rings. The molecule has 0 saturated heterocycles. The van der Waals surface area contributed by atoms with Gasteiger partial charge in [0, 0.05) is 18.8 Å². The summed E-state index contributed by atoms with van der Waals surface area (Å²) in [5, 5.41) is 6.22. The number of anilines is 1. The van der Waals surface area contributed by atoms with Crippen LogP contribution in [-0.2, 0) is 4.74 Å². The van der Waals surface area contributed by atoms with Gasteiger partial charge in [0.15, 0.2) is 0 Å². The molecule has 0 saturated carbocycles. The summed E-state index contributed by atoms with van der Waals surface area (Å²) < 4.78 is 6.08. The first-order valence-corrected chi connectivity index (χ1v) is 8.64. The molecule has 2 atom stereocenters. The lowest BCUT2D eigenvalue weighted by Gasteiger charge is -2.26. The fraction of sp³-hybridized carbons (Fsp3) is 0.688. The van der Waals surface area contributed by atoms with E-state index in [1.165, 1.54) is 0 Å². The molecule has 0 bridgehead atoms. The van der Waals surface area contributed by atoms with Gasteiger partial charge in [0.1, 0.15) is 17.2 Å². The zero-order valence-electron chi connectivity index (χ0n) is 14.7. The van der Waals surface area contributed by atoms with Crippen LogP contribution in [0.2, 0.25) is 0 Å². The SMILES string of the molecule is CC[C@H](C)C(CNC(=O)OC(C)(C)C)Nc1nc(C)ncc1Br. The summed E-state index contributed by atoms with van der Waals surface area (Å²) in [5.74, 6) is 1.78. The molecular formula is C16H27BrN4O2. The molecule has 6 nitrogen and oxygen atoms in total. The topological polar surface area (TPSA) is 76.1 Å². The van der Waals surface area contributed by atoms with Crippen LogP contribution in [0, 0.1) is 12.8 Å². The van der Waals surface area contributed by atoms with Crippen molar-refractivity contribution in [3.8, 4) is 0 Å². The number of aryl methyl sites for hydroxylation is 1. The zero-order chi connectivity index (χ0) is 17.6. The lowest BCUT2D eigenvalue weighted by molar-refractivity contribution is 0.0523. The Bertz CT molecular complexity index is 531. The number of carbonyl (C=O) groups is 1. The van der Waals surface area contributed by atoms with E-state index >= 15 is 0 Å². The van der Waals surface area contributed by atoms with Crippen molar-refractivity contribution in [1.29, 1.82) is 0 Å². The quantitative estimate of drug-likeness (QED) is 0.774. The van der Waals surface area contributed by atoms with E-state index in [9.17, 15) is 4.79 Å². The zero-order valence-corrected chi connectivity index (χ0v) is 16.3. The second kappa shape index (κ2) is 8.47. The summed E-state index contributed by atoms with van der Waals surface area (Å²) in [7, 11) is 0. The van der Waals surface area contributed by atoms with Gasteiger partial charge in [-0.2, -0.15) is 0 Å². The molecule has 2 N–H and O–H groups in total. The molecule has 1 heterocycles. The van der Waals surface area contributed by atoms with Crippen LogP contribution in [0.5, 0.6) is 0 Å². The molecule has 7 heteroatoms. The highest BCUT2D eigenvalue weighted by Crippen LogP contribution is 2.21. The Morgan fingerprint density at radius 3 is 2.65 bits per heavy atom. The minimum Gasteiger partial charge on any atom is -0.444 e. The first kappa shape index (κ1) is 19.7. The fourth-order valence-corrected chi connectivity index (χ4v) is 2.22. The summed E-state index contributed by atoms with van der Waals surface area (Å²) in [6, 6.07) is 0.0399. The highest BCUT2D eigenvalue weighted by Gasteiger charge is 2.21. The molecule has 23 heavy (non-hydrogen) atoms. The van der Waals surface area contributed by atoms with E-state index in [-0.39, 0.29) is 6.04 Å². The standard InChI is InChI=1S/C16H27BrN4O2/c1-7-10(2)13(9-19-15(22)23-16(4,5)6)21-14-12(17)8-18-11(3)20-14/h8,10,13H,7,9H2,1-6H3,(H,19,22)(H,18,20,21)/t10-,13?/m0/s1. The number of rotatable bonds is 6. The number of ether oxygens (including phenoxy) is 1. The number of amides is 1. The molecule has 0 spiro atoms. The van der Waals surface area contributed by atoms with Gasteiger partial charge in [0.2, 0.25) is 0 Å². The van der Waals surface area contributed by atoms with E-state index < -0.39 is 11.7 Å². The van der Waals surface area contributed by atoms with E-state index in [1.54, 1.807) is 6.20 Å². The van der Waals surface area contributed by atoms with E-state index in [0.717, 1.165) is 16.7 Å². The number of alkyl carbamates (subject to hydrolysis) is 1. The van der Waals surface area contributed by atoms with Crippen LogP contribution in [0.15, 0.2) is 10.7 Å². The monoisotopic (exact) mass is 386 g/mol. The van der Waals surface area contributed by atoms with Crippen molar-refractivity contribution in [3.05, 3.63) is 16.5 Å². The largest absolute Gasteiger partial charge is 0.444 e. The predicted octanol–water partition coefficient (Wildman–Crippen LogP) is 3.90. The lowest BCUT2D eigenvalue weighted by Crippen LogP contribution is -2.42. The highest BCUT2D eigenvalue weighted by atomic mass is 79.9. The van der Waals surface area contributed by atoms with Crippen molar-refractivity contribution in [2.45, 2.75) is 59.6 Å². The summed E-state index contributed by atoms with van der Waals surface area (Å²) >= 11 is 3.45. The van der Waals surface area contributed by atoms with Gasteiger partial charge < -0.3 is 15.4 Å². The molecule has 1 unspecified atom stereocenters. The average Bonchev–Trinajstić information content (AvgIpc) is 2.44. The third-order valence-corrected chi connectivity index (χ3v) is 3.96. The second-order valence-electron chi connectivity index (χ2n) is 6.63. The summed E-state index contributed by atoms with van der Waals surface area (Å²) in [6.07, 6.45) is 2.29. The molecule has 0 aliphatic carbocycles. The molecule has 0 aliphatic heterocycles.